The molecule has 7 heteroatoms. The summed E-state index contributed by atoms with van der Waals surface area (Å²) in [6.45, 7) is 0.345. The first-order chi connectivity index (χ1) is 14.1. The van der Waals surface area contributed by atoms with E-state index in [1.807, 2.05) is 35.0 Å². The van der Waals surface area contributed by atoms with Crippen molar-refractivity contribution in [2.45, 2.75) is 6.61 Å². The van der Waals surface area contributed by atoms with Crippen molar-refractivity contribution in [1.29, 1.82) is 0 Å². The summed E-state index contributed by atoms with van der Waals surface area (Å²) in [6, 6.07) is 17.8. The SMILES string of the molecule is COc1ccc(NC(=O)c2ccc(OCc3cn4ccccc4n3)cc2)cc1Cl. The number of hydrogen-bond acceptors (Lipinski definition) is 4. The molecule has 146 valence electrons. The Balaban J connectivity index is 1.38. The average Bonchev–Trinajstić information content (AvgIpc) is 3.16. The third-order valence-corrected chi connectivity index (χ3v) is 4.62. The zero-order valence-electron chi connectivity index (χ0n) is 15.6. The highest BCUT2D eigenvalue weighted by Gasteiger charge is 2.09. The van der Waals surface area contributed by atoms with Crippen molar-refractivity contribution in [1.82, 2.24) is 9.38 Å². The summed E-state index contributed by atoms with van der Waals surface area (Å²) in [4.78, 5) is 16.9. The van der Waals surface area contributed by atoms with Crippen LogP contribution in [0.2, 0.25) is 5.02 Å². The number of carbonyl (C=O) groups excluding carboxylic acids is 1. The minimum absolute atomic E-state index is 0.238. The number of nitrogens with one attached hydrogen (secondary N) is 1. The van der Waals surface area contributed by atoms with E-state index in [0.717, 1.165) is 11.3 Å². The molecule has 0 unspecified atom stereocenters. The number of amides is 1. The van der Waals surface area contributed by atoms with Crippen molar-refractivity contribution in [3.05, 3.63) is 89.3 Å². The maximum Gasteiger partial charge on any atom is 0.255 e. The number of anilines is 1. The molecule has 0 fully saturated rings. The van der Waals surface area contributed by atoms with Gasteiger partial charge in [0.15, 0.2) is 0 Å². The first-order valence-electron chi connectivity index (χ1n) is 8.93. The fourth-order valence-electron chi connectivity index (χ4n) is 2.86. The summed E-state index contributed by atoms with van der Waals surface area (Å²) in [7, 11) is 1.54. The Bertz CT molecular complexity index is 1120. The van der Waals surface area contributed by atoms with Crippen LogP contribution >= 0.6 is 11.6 Å². The highest BCUT2D eigenvalue weighted by molar-refractivity contribution is 6.32. The van der Waals surface area contributed by atoms with Gasteiger partial charge in [-0.1, -0.05) is 17.7 Å². The number of halogens is 1. The molecule has 1 amide bonds. The zero-order chi connectivity index (χ0) is 20.2. The monoisotopic (exact) mass is 407 g/mol. The van der Waals surface area contributed by atoms with Gasteiger partial charge in [0, 0.05) is 23.6 Å². The molecule has 0 saturated carbocycles. The lowest BCUT2D eigenvalue weighted by atomic mass is 10.2. The number of methoxy groups -OCH3 is 1. The van der Waals surface area contributed by atoms with Gasteiger partial charge in [-0.05, 0) is 54.6 Å². The van der Waals surface area contributed by atoms with Crippen molar-refractivity contribution >= 4 is 28.8 Å². The molecular formula is C22H18ClN3O3. The largest absolute Gasteiger partial charge is 0.495 e. The Hall–Kier alpha value is -3.51. The third kappa shape index (κ3) is 4.33. The van der Waals surface area contributed by atoms with Crippen molar-refractivity contribution in [2.75, 3.05) is 12.4 Å². The number of benzene rings is 2. The van der Waals surface area contributed by atoms with Crippen LogP contribution < -0.4 is 14.8 Å². The van der Waals surface area contributed by atoms with Gasteiger partial charge in [-0.25, -0.2) is 4.98 Å². The molecule has 0 atom stereocenters. The third-order valence-electron chi connectivity index (χ3n) is 4.33. The van der Waals surface area contributed by atoms with Gasteiger partial charge in [-0.3, -0.25) is 4.79 Å². The second-order valence-electron chi connectivity index (χ2n) is 6.31. The molecule has 6 nitrogen and oxygen atoms in total. The number of fused-ring (bicyclic) bond motifs is 1. The summed E-state index contributed by atoms with van der Waals surface area (Å²) in [5.41, 5.74) is 2.80. The number of pyridine rings is 1. The number of ether oxygens (including phenoxy) is 2. The standard InChI is InChI=1S/C22H18ClN3O3/c1-28-20-10-7-16(12-19(20)23)25-22(27)15-5-8-18(9-6-15)29-14-17-13-26-11-3-2-4-21(26)24-17/h2-13H,14H2,1H3,(H,25,27). The van der Waals surface area contributed by atoms with Crippen LogP contribution in [0.5, 0.6) is 11.5 Å². The molecule has 2 aromatic carbocycles. The normalized spacial score (nSPS) is 10.7. The predicted octanol–water partition coefficient (Wildman–Crippen LogP) is 4.83. The molecule has 2 heterocycles. The summed E-state index contributed by atoms with van der Waals surface area (Å²) < 4.78 is 12.8. The molecular weight excluding hydrogens is 390 g/mol. The second kappa shape index (κ2) is 8.24. The van der Waals surface area contributed by atoms with Crippen LogP contribution in [0, 0.1) is 0 Å². The van der Waals surface area contributed by atoms with Crippen LogP contribution in [0.15, 0.2) is 73.1 Å². The fourth-order valence-corrected chi connectivity index (χ4v) is 3.12. The molecule has 0 aliphatic heterocycles. The lowest BCUT2D eigenvalue weighted by molar-refractivity contribution is 0.102. The highest BCUT2D eigenvalue weighted by atomic mass is 35.5. The summed E-state index contributed by atoms with van der Waals surface area (Å²) in [6.07, 6.45) is 3.87. The van der Waals surface area contributed by atoms with Crippen molar-refractivity contribution < 1.29 is 14.3 Å². The smallest absolute Gasteiger partial charge is 0.255 e. The van der Waals surface area contributed by atoms with Gasteiger partial charge in [-0.15, -0.1) is 0 Å². The van der Waals surface area contributed by atoms with Crippen LogP contribution in [0.4, 0.5) is 5.69 Å². The van der Waals surface area contributed by atoms with E-state index in [2.05, 4.69) is 10.3 Å². The number of hydrogen-bond donors (Lipinski definition) is 1. The highest BCUT2D eigenvalue weighted by Crippen LogP contribution is 2.27. The lowest BCUT2D eigenvalue weighted by Crippen LogP contribution is -2.11. The summed E-state index contributed by atoms with van der Waals surface area (Å²) in [5.74, 6) is 0.973. The van der Waals surface area contributed by atoms with E-state index in [1.54, 1.807) is 42.5 Å². The maximum absolute atomic E-state index is 12.4. The van der Waals surface area contributed by atoms with Crippen LogP contribution in [-0.2, 0) is 6.61 Å². The molecule has 0 saturated heterocycles. The van der Waals surface area contributed by atoms with E-state index >= 15 is 0 Å². The number of imidazole rings is 1. The summed E-state index contributed by atoms with van der Waals surface area (Å²) in [5, 5.41) is 3.24. The van der Waals surface area contributed by atoms with E-state index in [0.29, 0.717) is 34.4 Å². The van der Waals surface area contributed by atoms with Gasteiger partial charge in [0.2, 0.25) is 0 Å². The van der Waals surface area contributed by atoms with E-state index < -0.39 is 0 Å². The van der Waals surface area contributed by atoms with E-state index in [-0.39, 0.29) is 5.91 Å². The number of rotatable bonds is 6. The van der Waals surface area contributed by atoms with Gasteiger partial charge >= 0.3 is 0 Å². The zero-order valence-corrected chi connectivity index (χ0v) is 16.4. The van der Waals surface area contributed by atoms with Crippen molar-refractivity contribution in [3.63, 3.8) is 0 Å². The average molecular weight is 408 g/mol. The molecule has 2 aromatic heterocycles. The van der Waals surface area contributed by atoms with E-state index in [9.17, 15) is 4.79 Å². The predicted molar refractivity (Wildman–Crippen MR) is 112 cm³/mol. The van der Waals surface area contributed by atoms with Gasteiger partial charge in [0.1, 0.15) is 23.8 Å². The van der Waals surface area contributed by atoms with Crippen molar-refractivity contribution in [2.24, 2.45) is 0 Å². The Morgan fingerprint density at radius 3 is 2.69 bits per heavy atom. The van der Waals surface area contributed by atoms with Crippen LogP contribution in [0.25, 0.3) is 5.65 Å². The van der Waals surface area contributed by atoms with Crippen LogP contribution in [0.3, 0.4) is 0 Å². The minimum atomic E-state index is -0.238. The molecule has 4 aromatic rings. The van der Waals surface area contributed by atoms with Crippen LogP contribution in [-0.4, -0.2) is 22.4 Å². The molecule has 0 spiro atoms. The first kappa shape index (κ1) is 18.8. The Labute approximate surface area is 172 Å². The fraction of sp³-hybridized carbons (Fsp3) is 0.0909. The topological polar surface area (TPSA) is 64.9 Å². The maximum atomic E-state index is 12.4. The molecule has 0 radical (unpaired) electrons. The lowest BCUT2D eigenvalue weighted by Gasteiger charge is -2.09. The summed E-state index contributed by atoms with van der Waals surface area (Å²) >= 11 is 6.09. The Morgan fingerprint density at radius 1 is 1.14 bits per heavy atom. The van der Waals surface area contributed by atoms with Gasteiger partial charge in [0.25, 0.3) is 5.91 Å². The minimum Gasteiger partial charge on any atom is -0.495 e. The number of aromatic nitrogens is 2. The first-order valence-corrected chi connectivity index (χ1v) is 9.30. The molecule has 29 heavy (non-hydrogen) atoms. The van der Waals surface area contributed by atoms with Gasteiger partial charge < -0.3 is 19.2 Å². The molecule has 4 rings (SSSR count). The van der Waals surface area contributed by atoms with Gasteiger partial charge in [0.05, 0.1) is 17.8 Å². The molecule has 0 aliphatic carbocycles. The second-order valence-corrected chi connectivity index (χ2v) is 6.72. The van der Waals surface area contributed by atoms with E-state index in [4.69, 9.17) is 21.1 Å². The van der Waals surface area contributed by atoms with Gasteiger partial charge in [-0.2, -0.15) is 0 Å². The van der Waals surface area contributed by atoms with Crippen molar-refractivity contribution in [3.8, 4) is 11.5 Å². The van der Waals surface area contributed by atoms with E-state index in [1.165, 1.54) is 7.11 Å². The molecule has 0 aliphatic rings. The molecule has 0 bridgehead atoms. The number of carbonyl (C=O) groups is 1. The number of nitrogens with zero attached hydrogens (tertiary/aromatic N) is 2. The van der Waals surface area contributed by atoms with Crippen LogP contribution in [0.1, 0.15) is 16.1 Å². The quantitative estimate of drug-likeness (QED) is 0.497. The Kier molecular flexibility index (Phi) is 5.35. The Morgan fingerprint density at radius 2 is 1.97 bits per heavy atom. The molecule has 1 N–H and O–H groups in total.